The average Bonchev–Trinajstić information content (AvgIpc) is 2.35. The number of anilines is 1. The minimum absolute atomic E-state index is 0.195. The summed E-state index contributed by atoms with van der Waals surface area (Å²) < 4.78 is 5.38. The maximum absolute atomic E-state index is 12.1. The maximum Gasteiger partial charge on any atom is 0.414 e. The van der Waals surface area contributed by atoms with Crippen LogP contribution in [0.25, 0.3) is 0 Å². The molecule has 1 aromatic rings. The third kappa shape index (κ3) is 4.24. The van der Waals surface area contributed by atoms with Gasteiger partial charge in [0.1, 0.15) is 5.60 Å². The number of carbonyl (C=O) groups is 1. The number of rotatable bonds is 3. The van der Waals surface area contributed by atoms with Crippen LogP contribution in [0, 0.1) is 0 Å². The zero-order chi connectivity index (χ0) is 14.6. The molecular formula is C15H24N2O2. The molecule has 0 heterocycles. The number of nitrogens with two attached hydrogens (primary N) is 1. The SMILES string of the molecule is CC(CN)c1ccccc1N(C)C(=O)OC(C)(C)C. The van der Waals surface area contributed by atoms with Crippen LogP contribution in [0.4, 0.5) is 10.5 Å². The molecule has 1 aromatic carbocycles. The summed E-state index contributed by atoms with van der Waals surface area (Å²) in [6.45, 7) is 8.15. The van der Waals surface area contributed by atoms with Crippen molar-refractivity contribution >= 4 is 11.8 Å². The lowest BCUT2D eigenvalue weighted by atomic mass is 9.99. The molecule has 1 rings (SSSR count). The van der Waals surface area contributed by atoms with E-state index in [0.717, 1.165) is 11.3 Å². The van der Waals surface area contributed by atoms with Gasteiger partial charge in [-0.3, -0.25) is 4.90 Å². The van der Waals surface area contributed by atoms with E-state index in [1.807, 2.05) is 52.0 Å². The van der Waals surface area contributed by atoms with Crippen molar-refractivity contribution in [3.8, 4) is 0 Å². The molecule has 0 aliphatic carbocycles. The smallest absolute Gasteiger partial charge is 0.414 e. The predicted molar refractivity (Wildman–Crippen MR) is 78.5 cm³/mol. The highest BCUT2D eigenvalue weighted by Crippen LogP contribution is 2.27. The lowest BCUT2D eigenvalue weighted by Gasteiger charge is -2.27. The van der Waals surface area contributed by atoms with Gasteiger partial charge in [0, 0.05) is 7.05 Å². The lowest BCUT2D eigenvalue weighted by molar-refractivity contribution is 0.0589. The molecule has 0 saturated heterocycles. The van der Waals surface area contributed by atoms with E-state index >= 15 is 0 Å². The minimum atomic E-state index is -0.500. The van der Waals surface area contributed by atoms with Crippen molar-refractivity contribution < 1.29 is 9.53 Å². The third-order valence-corrected chi connectivity index (χ3v) is 2.85. The van der Waals surface area contributed by atoms with Crippen molar-refractivity contribution in [2.45, 2.75) is 39.2 Å². The van der Waals surface area contributed by atoms with Gasteiger partial charge in [-0.05, 0) is 44.9 Å². The monoisotopic (exact) mass is 264 g/mol. The molecule has 4 nitrogen and oxygen atoms in total. The quantitative estimate of drug-likeness (QED) is 0.912. The summed E-state index contributed by atoms with van der Waals surface area (Å²) in [6.07, 6.45) is -0.357. The molecule has 0 aromatic heterocycles. The molecule has 1 atom stereocenters. The number of amides is 1. The summed E-state index contributed by atoms with van der Waals surface area (Å²) in [5.74, 6) is 0.195. The second-order valence-corrected chi connectivity index (χ2v) is 5.73. The van der Waals surface area contributed by atoms with E-state index < -0.39 is 5.60 Å². The van der Waals surface area contributed by atoms with Gasteiger partial charge in [-0.2, -0.15) is 0 Å². The van der Waals surface area contributed by atoms with Gasteiger partial charge in [0.15, 0.2) is 0 Å². The van der Waals surface area contributed by atoms with Crippen LogP contribution in [0.1, 0.15) is 39.2 Å². The highest BCUT2D eigenvalue weighted by atomic mass is 16.6. The molecule has 106 valence electrons. The van der Waals surface area contributed by atoms with Gasteiger partial charge in [0.2, 0.25) is 0 Å². The van der Waals surface area contributed by atoms with Crippen LogP contribution in [0.3, 0.4) is 0 Å². The van der Waals surface area contributed by atoms with Crippen molar-refractivity contribution in [1.82, 2.24) is 0 Å². The van der Waals surface area contributed by atoms with Crippen LogP contribution in [0.2, 0.25) is 0 Å². The Morgan fingerprint density at radius 1 is 1.37 bits per heavy atom. The van der Waals surface area contributed by atoms with Crippen LogP contribution in [-0.4, -0.2) is 25.3 Å². The average molecular weight is 264 g/mol. The van der Waals surface area contributed by atoms with Gasteiger partial charge in [0.05, 0.1) is 5.69 Å². The third-order valence-electron chi connectivity index (χ3n) is 2.85. The Labute approximate surface area is 115 Å². The van der Waals surface area contributed by atoms with E-state index in [9.17, 15) is 4.79 Å². The second kappa shape index (κ2) is 6.06. The molecule has 4 heteroatoms. The second-order valence-electron chi connectivity index (χ2n) is 5.73. The first-order chi connectivity index (χ1) is 8.76. The van der Waals surface area contributed by atoms with Crippen molar-refractivity contribution in [3.63, 3.8) is 0 Å². The fourth-order valence-corrected chi connectivity index (χ4v) is 1.77. The lowest BCUT2D eigenvalue weighted by Crippen LogP contribution is -2.34. The Hall–Kier alpha value is -1.55. The van der Waals surface area contributed by atoms with E-state index in [1.54, 1.807) is 7.05 Å². The van der Waals surface area contributed by atoms with E-state index in [0.29, 0.717) is 6.54 Å². The van der Waals surface area contributed by atoms with Crippen LogP contribution >= 0.6 is 0 Å². The summed E-state index contributed by atoms with van der Waals surface area (Å²) in [6, 6.07) is 7.76. The number of hydrogen-bond acceptors (Lipinski definition) is 3. The van der Waals surface area contributed by atoms with Crippen molar-refractivity contribution in [1.29, 1.82) is 0 Å². The van der Waals surface area contributed by atoms with Crippen LogP contribution in [0.5, 0.6) is 0 Å². The first kappa shape index (κ1) is 15.5. The molecular weight excluding hydrogens is 240 g/mol. The van der Waals surface area contributed by atoms with Crippen LogP contribution < -0.4 is 10.6 Å². The molecule has 2 N–H and O–H groups in total. The number of nitrogens with zero attached hydrogens (tertiary/aromatic N) is 1. The zero-order valence-electron chi connectivity index (χ0n) is 12.4. The van der Waals surface area contributed by atoms with Gasteiger partial charge >= 0.3 is 6.09 Å². The maximum atomic E-state index is 12.1. The molecule has 0 radical (unpaired) electrons. The molecule has 0 bridgehead atoms. The molecule has 0 aliphatic rings. The highest BCUT2D eigenvalue weighted by molar-refractivity contribution is 5.88. The van der Waals surface area contributed by atoms with E-state index in [1.165, 1.54) is 4.90 Å². The molecule has 0 spiro atoms. The predicted octanol–water partition coefficient (Wildman–Crippen LogP) is 3.12. The minimum Gasteiger partial charge on any atom is -0.443 e. The van der Waals surface area contributed by atoms with Gasteiger partial charge in [-0.1, -0.05) is 25.1 Å². The van der Waals surface area contributed by atoms with Gasteiger partial charge in [-0.25, -0.2) is 4.79 Å². The van der Waals surface area contributed by atoms with Crippen molar-refractivity contribution in [2.24, 2.45) is 5.73 Å². The molecule has 1 amide bonds. The fourth-order valence-electron chi connectivity index (χ4n) is 1.77. The Morgan fingerprint density at radius 3 is 2.47 bits per heavy atom. The van der Waals surface area contributed by atoms with Crippen LogP contribution in [0.15, 0.2) is 24.3 Å². The Bertz CT molecular complexity index is 438. The fraction of sp³-hybridized carbons (Fsp3) is 0.533. The molecule has 0 saturated carbocycles. The first-order valence-electron chi connectivity index (χ1n) is 6.52. The Balaban J connectivity index is 2.99. The van der Waals surface area contributed by atoms with Gasteiger partial charge in [0.25, 0.3) is 0 Å². The largest absolute Gasteiger partial charge is 0.443 e. The summed E-state index contributed by atoms with van der Waals surface area (Å²) in [5.41, 5.74) is 7.11. The van der Waals surface area contributed by atoms with Gasteiger partial charge in [-0.15, -0.1) is 0 Å². The molecule has 1 unspecified atom stereocenters. The number of carbonyl (C=O) groups excluding carboxylic acids is 1. The van der Waals surface area contributed by atoms with Crippen molar-refractivity contribution in [3.05, 3.63) is 29.8 Å². The standard InChI is InChI=1S/C15H24N2O2/c1-11(10-16)12-8-6-7-9-13(12)17(5)14(18)19-15(2,3)4/h6-9,11H,10,16H2,1-5H3. The van der Waals surface area contributed by atoms with E-state index in [4.69, 9.17) is 10.5 Å². The molecule has 19 heavy (non-hydrogen) atoms. The van der Waals surface area contributed by atoms with Crippen LogP contribution in [-0.2, 0) is 4.74 Å². The number of benzene rings is 1. The van der Waals surface area contributed by atoms with E-state index in [-0.39, 0.29) is 12.0 Å². The Morgan fingerprint density at radius 2 is 1.95 bits per heavy atom. The topological polar surface area (TPSA) is 55.6 Å². The summed E-state index contributed by atoms with van der Waals surface area (Å²) in [7, 11) is 1.72. The van der Waals surface area contributed by atoms with Gasteiger partial charge < -0.3 is 10.5 Å². The summed E-state index contributed by atoms with van der Waals surface area (Å²) in [5, 5.41) is 0. The summed E-state index contributed by atoms with van der Waals surface area (Å²) >= 11 is 0. The normalized spacial score (nSPS) is 12.9. The molecule has 0 aliphatic heterocycles. The number of hydrogen-bond donors (Lipinski definition) is 1. The zero-order valence-corrected chi connectivity index (χ0v) is 12.4. The number of para-hydroxylation sites is 1. The highest BCUT2D eigenvalue weighted by Gasteiger charge is 2.22. The summed E-state index contributed by atoms with van der Waals surface area (Å²) in [4.78, 5) is 13.6. The van der Waals surface area contributed by atoms with E-state index in [2.05, 4.69) is 0 Å². The first-order valence-corrected chi connectivity index (χ1v) is 6.52. The number of ether oxygens (including phenoxy) is 1. The Kier molecular flexibility index (Phi) is 4.95. The van der Waals surface area contributed by atoms with Crippen molar-refractivity contribution in [2.75, 3.05) is 18.5 Å². The molecule has 0 fully saturated rings.